The van der Waals surface area contributed by atoms with E-state index in [1.165, 1.54) is 18.2 Å². The van der Waals surface area contributed by atoms with Gasteiger partial charge in [0.2, 0.25) is 5.91 Å². The number of rotatable bonds is 7. The molecule has 1 saturated heterocycles. The second-order valence-corrected chi connectivity index (χ2v) is 5.97. The Balaban J connectivity index is 2.37. The van der Waals surface area contributed by atoms with Crippen LogP contribution >= 0.6 is 11.8 Å². The molecule has 1 atom stereocenters. The zero-order valence-electron chi connectivity index (χ0n) is 12.0. The molecule has 1 rings (SSSR count). The van der Waals surface area contributed by atoms with Crippen LogP contribution in [0, 0.1) is 0 Å². The van der Waals surface area contributed by atoms with E-state index in [0.717, 1.165) is 38.8 Å². The lowest BCUT2D eigenvalue weighted by Crippen LogP contribution is -2.37. The molecule has 1 amide bonds. The molecule has 0 N–H and O–H groups in total. The van der Waals surface area contributed by atoms with E-state index in [0.29, 0.717) is 12.4 Å². The summed E-state index contributed by atoms with van der Waals surface area (Å²) in [4.78, 5) is 25.7. The third kappa shape index (κ3) is 5.85. The monoisotopic (exact) mass is 287 g/mol. The molecule has 0 spiro atoms. The van der Waals surface area contributed by atoms with E-state index in [4.69, 9.17) is 4.74 Å². The van der Waals surface area contributed by atoms with Gasteiger partial charge in [-0.25, -0.2) is 0 Å². The summed E-state index contributed by atoms with van der Waals surface area (Å²) in [5.74, 6) is 0.375. The van der Waals surface area contributed by atoms with E-state index in [-0.39, 0.29) is 17.1 Å². The van der Waals surface area contributed by atoms with Gasteiger partial charge in [0.1, 0.15) is 5.25 Å². The lowest BCUT2D eigenvalue weighted by Gasteiger charge is -2.27. The van der Waals surface area contributed by atoms with Gasteiger partial charge in [-0.15, -0.1) is 11.8 Å². The fourth-order valence-corrected chi connectivity index (χ4v) is 3.31. The number of ether oxygens (including phenoxy) is 1. The Kier molecular flexibility index (Phi) is 7.94. The predicted molar refractivity (Wildman–Crippen MR) is 78.2 cm³/mol. The molecular weight excluding hydrogens is 262 g/mol. The number of amides is 1. The lowest BCUT2D eigenvalue weighted by atomic mass is 10.1. The van der Waals surface area contributed by atoms with Crippen LogP contribution in [0.2, 0.25) is 0 Å². The minimum Gasteiger partial charge on any atom is -0.465 e. The molecule has 5 heteroatoms. The molecule has 19 heavy (non-hydrogen) atoms. The van der Waals surface area contributed by atoms with Gasteiger partial charge in [0, 0.05) is 13.1 Å². The zero-order chi connectivity index (χ0) is 14.1. The fourth-order valence-electron chi connectivity index (χ4n) is 2.17. The normalized spacial score (nSPS) is 17.1. The van der Waals surface area contributed by atoms with Gasteiger partial charge in [-0.1, -0.05) is 13.3 Å². The van der Waals surface area contributed by atoms with E-state index in [9.17, 15) is 9.59 Å². The van der Waals surface area contributed by atoms with Gasteiger partial charge in [0.05, 0.1) is 12.4 Å². The Hall–Kier alpha value is -0.710. The molecule has 1 aliphatic heterocycles. The smallest absolute Gasteiger partial charge is 0.319 e. The molecule has 1 unspecified atom stereocenters. The number of carbonyl (C=O) groups excluding carboxylic acids is 2. The molecule has 1 fully saturated rings. The van der Waals surface area contributed by atoms with Crippen LogP contribution in [0.15, 0.2) is 0 Å². The highest BCUT2D eigenvalue weighted by molar-refractivity contribution is 8.01. The Morgan fingerprint density at radius 2 is 1.89 bits per heavy atom. The van der Waals surface area contributed by atoms with Crippen LogP contribution in [-0.2, 0) is 14.3 Å². The van der Waals surface area contributed by atoms with E-state index < -0.39 is 0 Å². The summed E-state index contributed by atoms with van der Waals surface area (Å²) in [5, 5.41) is -0.196. The summed E-state index contributed by atoms with van der Waals surface area (Å²) in [5.41, 5.74) is 0. The van der Waals surface area contributed by atoms with Gasteiger partial charge < -0.3 is 9.64 Å². The second kappa shape index (κ2) is 9.23. The molecule has 0 radical (unpaired) electrons. The average Bonchev–Trinajstić information content (AvgIpc) is 2.44. The van der Waals surface area contributed by atoms with Crippen molar-refractivity contribution in [1.29, 1.82) is 0 Å². The number of esters is 1. The van der Waals surface area contributed by atoms with Gasteiger partial charge >= 0.3 is 5.97 Å². The van der Waals surface area contributed by atoms with Crippen molar-refractivity contribution in [3.8, 4) is 0 Å². The number of likely N-dealkylation sites (tertiary alicyclic amines) is 1. The van der Waals surface area contributed by atoms with Crippen molar-refractivity contribution < 1.29 is 14.3 Å². The molecule has 0 saturated carbocycles. The van der Waals surface area contributed by atoms with Crippen LogP contribution in [0.5, 0.6) is 0 Å². The highest BCUT2D eigenvalue weighted by Crippen LogP contribution is 2.20. The molecular formula is C14H25NO3S. The summed E-state index contributed by atoms with van der Waals surface area (Å²) in [7, 11) is 0. The highest BCUT2D eigenvalue weighted by atomic mass is 32.2. The average molecular weight is 287 g/mol. The van der Waals surface area contributed by atoms with Crippen LogP contribution in [-0.4, -0.2) is 47.5 Å². The van der Waals surface area contributed by atoms with E-state index in [2.05, 4.69) is 0 Å². The molecule has 0 aliphatic carbocycles. The van der Waals surface area contributed by atoms with Crippen LogP contribution in [0.4, 0.5) is 0 Å². The number of carbonyl (C=O) groups is 2. The highest BCUT2D eigenvalue weighted by Gasteiger charge is 2.23. The first-order chi connectivity index (χ1) is 9.19. The quantitative estimate of drug-likeness (QED) is 0.675. The zero-order valence-corrected chi connectivity index (χ0v) is 12.8. The second-order valence-electron chi connectivity index (χ2n) is 4.78. The Morgan fingerprint density at radius 1 is 1.21 bits per heavy atom. The summed E-state index contributed by atoms with van der Waals surface area (Å²) >= 11 is 1.43. The molecule has 110 valence electrons. The molecule has 0 bridgehead atoms. The first-order valence-electron chi connectivity index (χ1n) is 7.25. The van der Waals surface area contributed by atoms with Gasteiger partial charge in [-0.05, 0) is 32.6 Å². The first-order valence-corrected chi connectivity index (χ1v) is 8.29. The van der Waals surface area contributed by atoms with Gasteiger partial charge in [0.15, 0.2) is 0 Å². The van der Waals surface area contributed by atoms with Gasteiger partial charge in [0.25, 0.3) is 0 Å². The van der Waals surface area contributed by atoms with Crippen molar-refractivity contribution in [3.63, 3.8) is 0 Å². The minimum atomic E-state index is -0.196. The van der Waals surface area contributed by atoms with Crippen molar-refractivity contribution in [1.82, 2.24) is 4.90 Å². The maximum Gasteiger partial charge on any atom is 0.319 e. The number of piperidine rings is 1. The van der Waals surface area contributed by atoms with Gasteiger partial charge in [-0.3, -0.25) is 9.59 Å². The fraction of sp³-hybridized carbons (Fsp3) is 0.857. The Labute approximate surface area is 120 Å². The maximum absolute atomic E-state index is 12.0. The summed E-state index contributed by atoms with van der Waals surface area (Å²) in [6.45, 7) is 6.00. The van der Waals surface area contributed by atoms with Crippen molar-refractivity contribution in [3.05, 3.63) is 0 Å². The van der Waals surface area contributed by atoms with Crippen molar-refractivity contribution >= 4 is 23.6 Å². The third-order valence-electron chi connectivity index (χ3n) is 3.22. The Bertz CT molecular complexity index is 290. The summed E-state index contributed by atoms with van der Waals surface area (Å²) < 4.78 is 5.05. The molecule has 4 nitrogen and oxygen atoms in total. The van der Waals surface area contributed by atoms with Crippen molar-refractivity contribution in [2.24, 2.45) is 0 Å². The van der Waals surface area contributed by atoms with Crippen LogP contribution in [0.25, 0.3) is 0 Å². The topological polar surface area (TPSA) is 46.6 Å². The van der Waals surface area contributed by atoms with Crippen molar-refractivity contribution in [2.45, 2.75) is 51.2 Å². The largest absolute Gasteiger partial charge is 0.465 e. The maximum atomic E-state index is 12.0. The number of hydrogen-bond donors (Lipinski definition) is 0. The van der Waals surface area contributed by atoms with Crippen LogP contribution < -0.4 is 0 Å². The number of thioether (sulfide) groups is 1. The summed E-state index contributed by atoms with van der Waals surface area (Å²) in [6.07, 6.45) is 5.13. The van der Waals surface area contributed by atoms with Crippen LogP contribution in [0.3, 0.4) is 0 Å². The Morgan fingerprint density at radius 3 is 2.47 bits per heavy atom. The molecule has 0 aromatic rings. The minimum absolute atomic E-state index is 0.162. The van der Waals surface area contributed by atoms with E-state index in [1.807, 2.05) is 18.7 Å². The molecule has 1 heterocycles. The predicted octanol–water partition coefficient (Wildman–Crippen LogP) is 2.46. The SMILES string of the molecule is CCCC(SCC(=O)N1CCCCC1)C(=O)OCC. The molecule has 0 aromatic carbocycles. The van der Waals surface area contributed by atoms with Crippen LogP contribution in [0.1, 0.15) is 46.0 Å². The number of nitrogens with zero attached hydrogens (tertiary/aromatic N) is 1. The third-order valence-corrected chi connectivity index (χ3v) is 4.46. The lowest BCUT2D eigenvalue weighted by molar-refractivity contribution is -0.142. The van der Waals surface area contributed by atoms with E-state index >= 15 is 0 Å². The summed E-state index contributed by atoms with van der Waals surface area (Å²) in [6, 6.07) is 0. The first kappa shape index (κ1) is 16.3. The molecule has 1 aliphatic rings. The van der Waals surface area contributed by atoms with E-state index in [1.54, 1.807) is 0 Å². The molecule has 0 aromatic heterocycles. The van der Waals surface area contributed by atoms with Crippen molar-refractivity contribution in [2.75, 3.05) is 25.4 Å². The standard InChI is InChI=1S/C14H25NO3S/c1-3-8-12(14(17)18-4-2)19-11-13(16)15-9-6-5-7-10-15/h12H,3-11H2,1-2H3. The number of hydrogen-bond acceptors (Lipinski definition) is 4. The van der Waals surface area contributed by atoms with Gasteiger partial charge in [-0.2, -0.15) is 0 Å².